The highest BCUT2D eigenvalue weighted by Crippen LogP contribution is 2.40. The first-order chi connectivity index (χ1) is 8.05. The average molecular weight is 256 g/mol. The molecule has 0 bridgehead atoms. The summed E-state index contributed by atoms with van der Waals surface area (Å²) in [6, 6.07) is -0.0217. The van der Waals surface area contributed by atoms with E-state index in [-0.39, 0.29) is 35.9 Å². The number of aliphatic hydroxyl groups is 1. The second-order valence-corrected chi connectivity index (χ2v) is 6.63. The van der Waals surface area contributed by atoms with E-state index in [9.17, 15) is 14.7 Å². The van der Waals surface area contributed by atoms with Gasteiger partial charge in [-0.2, -0.15) is 0 Å². The van der Waals surface area contributed by atoms with Crippen LogP contribution < -0.4 is 10.6 Å². The second-order valence-electron chi connectivity index (χ2n) is 6.63. The fraction of sp³-hybridized carbons (Fsp3) is 0.846. The molecule has 1 saturated carbocycles. The lowest BCUT2D eigenvalue weighted by Crippen LogP contribution is -2.62. The quantitative estimate of drug-likeness (QED) is 0.685. The molecule has 1 rings (SSSR count). The first kappa shape index (κ1) is 15.0. The summed E-state index contributed by atoms with van der Waals surface area (Å²) in [6.45, 7) is 9.21. The third-order valence-electron chi connectivity index (χ3n) is 3.64. The molecule has 0 aromatic rings. The lowest BCUT2D eigenvalue weighted by Gasteiger charge is -2.49. The molecule has 2 amide bonds. The first-order valence-electron chi connectivity index (χ1n) is 6.31. The Morgan fingerprint density at radius 2 is 1.89 bits per heavy atom. The van der Waals surface area contributed by atoms with Crippen molar-refractivity contribution in [2.75, 3.05) is 6.54 Å². The third kappa shape index (κ3) is 3.22. The minimum Gasteiger partial charge on any atom is -0.392 e. The van der Waals surface area contributed by atoms with Crippen LogP contribution in [0.15, 0.2) is 0 Å². The van der Waals surface area contributed by atoms with Gasteiger partial charge in [-0.15, -0.1) is 0 Å². The normalized spacial score (nSPS) is 26.1. The highest BCUT2D eigenvalue weighted by Gasteiger charge is 2.47. The zero-order valence-electron chi connectivity index (χ0n) is 11.8. The molecule has 104 valence electrons. The van der Waals surface area contributed by atoms with E-state index in [2.05, 4.69) is 10.6 Å². The molecule has 0 aromatic heterocycles. The molecule has 0 aliphatic heterocycles. The maximum atomic E-state index is 11.7. The Bertz CT molecular complexity index is 345. The van der Waals surface area contributed by atoms with Gasteiger partial charge in [0.05, 0.1) is 12.6 Å². The van der Waals surface area contributed by atoms with Crippen molar-refractivity contribution in [3.05, 3.63) is 0 Å². The summed E-state index contributed by atoms with van der Waals surface area (Å²) < 4.78 is 0. The minimum atomic E-state index is -0.494. The lowest BCUT2D eigenvalue weighted by atomic mass is 9.64. The van der Waals surface area contributed by atoms with E-state index in [1.54, 1.807) is 20.8 Å². The lowest BCUT2D eigenvalue weighted by molar-refractivity contribution is -0.134. The van der Waals surface area contributed by atoms with Crippen molar-refractivity contribution in [3.8, 4) is 0 Å². The molecule has 0 spiro atoms. The van der Waals surface area contributed by atoms with Crippen molar-refractivity contribution in [2.45, 2.75) is 53.2 Å². The monoisotopic (exact) mass is 256 g/mol. The average Bonchev–Trinajstić information content (AvgIpc) is 2.24. The van der Waals surface area contributed by atoms with Crippen LogP contribution in [0.1, 0.15) is 41.0 Å². The standard InChI is InChI=1S/C13H24N2O3/c1-12(2,3)11(18)14-7-10(17)15-8-6-9(16)13(8,4)5/h8-9,16H,6-7H2,1-5H3,(H,14,18)(H,15,17). The Morgan fingerprint density at radius 1 is 1.33 bits per heavy atom. The van der Waals surface area contributed by atoms with E-state index in [1.807, 2.05) is 13.8 Å². The Hall–Kier alpha value is -1.10. The maximum absolute atomic E-state index is 11.7. The van der Waals surface area contributed by atoms with Gasteiger partial charge in [-0.1, -0.05) is 34.6 Å². The van der Waals surface area contributed by atoms with E-state index < -0.39 is 5.41 Å². The van der Waals surface area contributed by atoms with Crippen molar-refractivity contribution in [1.29, 1.82) is 0 Å². The van der Waals surface area contributed by atoms with Crippen LogP contribution in [-0.2, 0) is 9.59 Å². The summed E-state index contributed by atoms with van der Waals surface area (Å²) in [7, 11) is 0. The fourth-order valence-corrected chi connectivity index (χ4v) is 1.82. The molecule has 2 atom stereocenters. The minimum absolute atomic E-state index is 0.0151. The Balaban J connectivity index is 2.34. The summed E-state index contributed by atoms with van der Waals surface area (Å²) in [5.74, 6) is -0.358. The van der Waals surface area contributed by atoms with Gasteiger partial charge >= 0.3 is 0 Å². The van der Waals surface area contributed by atoms with Crippen molar-refractivity contribution in [3.63, 3.8) is 0 Å². The topological polar surface area (TPSA) is 78.4 Å². The van der Waals surface area contributed by atoms with Crippen LogP contribution in [0.3, 0.4) is 0 Å². The molecule has 5 nitrogen and oxygen atoms in total. The van der Waals surface area contributed by atoms with Gasteiger partial charge in [-0.25, -0.2) is 0 Å². The van der Waals surface area contributed by atoms with Crippen LogP contribution in [0.5, 0.6) is 0 Å². The van der Waals surface area contributed by atoms with Crippen LogP contribution in [-0.4, -0.2) is 35.6 Å². The van der Waals surface area contributed by atoms with Gasteiger partial charge in [0, 0.05) is 16.9 Å². The molecule has 3 N–H and O–H groups in total. The molecule has 1 fully saturated rings. The predicted octanol–water partition coefficient (Wildman–Crippen LogP) is 0.424. The molecule has 5 heteroatoms. The van der Waals surface area contributed by atoms with Crippen molar-refractivity contribution < 1.29 is 14.7 Å². The first-order valence-corrected chi connectivity index (χ1v) is 6.31. The van der Waals surface area contributed by atoms with Crippen LogP contribution in [0.2, 0.25) is 0 Å². The molecule has 18 heavy (non-hydrogen) atoms. The maximum Gasteiger partial charge on any atom is 0.239 e. The van der Waals surface area contributed by atoms with Gasteiger partial charge in [0.15, 0.2) is 0 Å². The fourth-order valence-electron chi connectivity index (χ4n) is 1.82. The molecule has 1 aliphatic carbocycles. The van der Waals surface area contributed by atoms with Crippen molar-refractivity contribution in [2.24, 2.45) is 10.8 Å². The van der Waals surface area contributed by atoms with E-state index >= 15 is 0 Å². The Labute approximate surface area is 108 Å². The van der Waals surface area contributed by atoms with Gasteiger partial charge in [-0.3, -0.25) is 9.59 Å². The van der Waals surface area contributed by atoms with Crippen LogP contribution in [0, 0.1) is 10.8 Å². The van der Waals surface area contributed by atoms with Gasteiger partial charge in [-0.05, 0) is 6.42 Å². The van der Waals surface area contributed by atoms with Crippen molar-refractivity contribution >= 4 is 11.8 Å². The highest BCUT2D eigenvalue weighted by molar-refractivity contribution is 5.87. The summed E-state index contributed by atoms with van der Waals surface area (Å²) in [5.41, 5.74) is -0.782. The predicted molar refractivity (Wildman–Crippen MR) is 68.8 cm³/mol. The van der Waals surface area contributed by atoms with E-state index in [1.165, 1.54) is 0 Å². The molecule has 0 radical (unpaired) electrons. The summed E-state index contributed by atoms with van der Waals surface area (Å²) in [5, 5.41) is 15.0. The number of hydrogen-bond acceptors (Lipinski definition) is 3. The van der Waals surface area contributed by atoms with Crippen LogP contribution in [0.25, 0.3) is 0 Å². The van der Waals surface area contributed by atoms with Gasteiger partial charge in [0.25, 0.3) is 0 Å². The smallest absolute Gasteiger partial charge is 0.239 e. The molecular weight excluding hydrogens is 232 g/mol. The molecule has 0 saturated heterocycles. The molecule has 2 unspecified atom stereocenters. The van der Waals surface area contributed by atoms with E-state index in [0.29, 0.717) is 6.42 Å². The summed E-state index contributed by atoms with van der Waals surface area (Å²) >= 11 is 0. The Kier molecular flexibility index (Phi) is 4.05. The molecule has 1 aliphatic rings. The van der Waals surface area contributed by atoms with E-state index in [4.69, 9.17) is 0 Å². The molecular formula is C13H24N2O3. The van der Waals surface area contributed by atoms with Crippen LogP contribution in [0.4, 0.5) is 0 Å². The summed E-state index contributed by atoms with van der Waals surface area (Å²) in [6.07, 6.45) is 0.207. The number of nitrogens with one attached hydrogen (secondary N) is 2. The van der Waals surface area contributed by atoms with E-state index in [0.717, 1.165) is 0 Å². The molecule has 0 aromatic carbocycles. The number of aliphatic hydroxyl groups excluding tert-OH is 1. The van der Waals surface area contributed by atoms with Crippen LogP contribution >= 0.6 is 0 Å². The highest BCUT2D eigenvalue weighted by atomic mass is 16.3. The SMILES string of the molecule is CC(C)(C)C(=O)NCC(=O)NC1CC(O)C1(C)C. The van der Waals surface area contributed by atoms with Crippen molar-refractivity contribution in [1.82, 2.24) is 10.6 Å². The largest absolute Gasteiger partial charge is 0.392 e. The third-order valence-corrected chi connectivity index (χ3v) is 3.64. The number of hydrogen-bond donors (Lipinski definition) is 3. The van der Waals surface area contributed by atoms with Gasteiger partial charge < -0.3 is 15.7 Å². The Morgan fingerprint density at radius 3 is 2.28 bits per heavy atom. The number of rotatable bonds is 3. The number of carbonyl (C=O) groups is 2. The number of carbonyl (C=O) groups excluding carboxylic acids is 2. The molecule has 0 heterocycles. The van der Waals surface area contributed by atoms with Gasteiger partial charge in [0.1, 0.15) is 0 Å². The number of amides is 2. The zero-order valence-corrected chi connectivity index (χ0v) is 11.8. The van der Waals surface area contributed by atoms with Gasteiger partial charge in [0.2, 0.25) is 11.8 Å². The zero-order chi connectivity index (χ0) is 14.1. The summed E-state index contributed by atoms with van der Waals surface area (Å²) in [4.78, 5) is 23.3. The second kappa shape index (κ2) is 4.88.